The molecule has 0 saturated carbocycles. The summed E-state index contributed by atoms with van der Waals surface area (Å²) in [6.07, 6.45) is 0. The van der Waals surface area contributed by atoms with Crippen molar-refractivity contribution in [3.8, 4) is 11.8 Å². The molecule has 3 nitrogen and oxygen atoms in total. The first-order valence-electron chi connectivity index (χ1n) is 3.10. The number of nitrogens with zero attached hydrogens (tertiary/aromatic N) is 1. The fourth-order valence-electron chi connectivity index (χ4n) is 0.724. The van der Waals surface area contributed by atoms with Gasteiger partial charge in [-0.2, -0.15) is 5.26 Å². The normalized spacial score (nSPS) is 8.75. The summed E-state index contributed by atoms with van der Waals surface area (Å²) in [4.78, 5) is 0. The van der Waals surface area contributed by atoms with Gasteiger partial charge in [0.15, 0.2) is 0 Å². The van der Waals surface area contributed by atoms with Gasteiger partial charge in [0, 0.05) is 0 Å². The Hall–Kier alpha value is -1.54. The van der Waals surface area contributed by atoms with Crippen molar-refractivity contribution < 1.29 is 14.1 Å². The monoisotopic (exact) mass is 164 g/mol. The summed E-state index contributed by atoms with van der Waals surface area (Å²) in [6, 6.07) is 5.24. The van der Waals surface area contributed by atoms with E-state index in [9.17, 15) is 4.39 Å². The molecule has 0 fully saturated rings. The number of hydrogen-bond donors (Lipinski definition) is 1. The van der Waals surface area contributed by atoms with Gasteiger partial charge in [-0.25, -0.2) is 4.39 Å². The SMILES string of the molecule is N#Cc1cc(O[B]O)ccc1F. The van der Waals surface area contributed by atoms with Crippen LogP contribution in [-0.4, -0.2) is 12.7 Å². The molecule has 0 atom stereocenters. The van der Waals surface area contributed by atoms with Gasteiger partial charge in [-0.3, -0.25) is 0 Å². The molecular weight excluding hydrogens is 160 g/mol. The van der Waals surface area contributed by atoms with Gasteiger partial charge in [-0.1, -0.05) is 0 Å². The molecule has 1 aromatic rings. The summed E-state index contributed by atoms with van der Waals surface area (Å²) < 4.78 is 17.2. The highest BCUT2D eigenvalue weighted by molar-refractivity contribution is 6.17. The van der Waals surface area contributed by atoms with Crippen molar-refractivity contribution in [2.45, 2.75) is 0 Å². The van der Waals surface area contributed by atoms with Gasteiger partial charge in [0.25, 0.3) is 0 Å². The van der Waals surface area contributed by atoms with Gasteiger partial charge in [0.2, 0.25) is 0 Å². The predicted molar refractivity (Wildman–Crippen MR) is 39.7 cm³/mol. The van der Waals surface area contributed by atoms with Gasteiger partial charge in [-0.05, 0) is 18.2 Å². The van der Waals surface area contributed by atoms with E-state index in [4.69, 9.17) is 10.3 Å². The van der Waals surface area contributed by atoms with Crippen LogP contribution in [0, 0.1) is 17.1 Å². The van der Waals surface area contributed by atoms with E-state index in [0.717, 1.165) is 6.07 Å². The highest BCUT2D eigenvalue weighted by atomic mass is 19.1. The lowest BCUT2D eigenvalue weighted by Gasteiger charge is -2.00. The first kappa shape index (κ1) is 8.56. The number of benzene rings is 1. The second-order valence-electron chi connectivity index (χ2n) is 1.98. The Bertz CT molecular complexity index is 324. The van der Waals surface area contributed by atoms with Crippen LogP contribution in [0.2, 0.25) is 0 Å². The summed E-state index contributed by atoms with van der Waals surface area (Å²) in [5.41, 5.74) is -0.116. The zero-order valence-corrected chi connectivity index (χ0v) is 5.99. The molecule has 5 heteroatoms. The lowest BCUT2D eigenvalue weighted by atomic mass is 10.2. The van der Waals surface area contributed by atoms with Crippen LogP contribution in [0.3, 0.4) is 0 Å². The molecule has 12 heavy (non-hydrogen) atoms. The van der Waals surface area contributed by atoms with Crippen LogP contribution in [0.15, 0.2) is 18.2 Å². The van der Waals surface area contributed by atoms with Crippen LogP contribution in [-0.2, 0) is 0 Å². The predicted octanol–water partition coefficient (Wildman–Crippen LogP) is 0.603. The highest BCUT2D eigenvalue weighted by Crippen LogP contribution is 2.15. The standard InChI is InChI=1S/C7H4BFNO2/c9-7-2-1-6(12-8-11)3-5(7)4-10/h1-3,11H. The van der Waals surface area contributed by atoms with E-state index in [0.29, 0.717) is 7.69 Å². The molecule has 1 rings (SSSR count). The average molecular weight is 164 g/mol. The Morgan fingerprint density at radius 1 is 1.58 bits per heavy atom. The van der Waals surface area contributed by atoms with Crippen LogP contribution in [0.4, 0.5) is 4.39 Å². The molecule has 0 aliphatic rings. The molecule has 0 aromatic heterocycles. The topological polar surface area (TPSA) is 53.2 Å². The van der Waals surface area contributed by atoms with Gasteiger partial charge in [-0.15, -0.1) is 0 Å². The zero-order valence-electron chi connectivity index (χ0n) is 5.99. The third kappa shape index (κ3) is 1.74. The molecule has 0 unspecified atom stereocenters. The smallest absolute Gasteiger partial charge is 0.537 e. The molecular formula is C7H4BFNO2. The van der Waals surface area contributed by atoms with E-state index >= 15 is 0 Å². The minimum atomic E-state index is -0.609. The van der Waals surface area contributed by atoms with Crippen molar-refractivity contribution in [2.24, 2.45) is 0 Å². The van der Waals surface area contributed by atoms with E-state index in [-0.39, 0.29) is 11.3 Å². The van der Waals surface area contributed by atoms with Crippen molar-refractivity contribution in [1.29, 1.82) is 5.26 Å². The maximum atomic E-state index is 12.7. The maximum absolute atomic E-state index is 12.7. The van der Waals surface area contributed by atoms with E-state index < -0.39 is 5.82 Å². The fraction of sp³-hybridized carbons (Fsp3) is 0. The summed E-state index contributed by atoms with van der Waals surface area (Å²) in [6.45, 7) is 0. The van der Waals surface area contributed by atoms with Gasteiger partial charge >= 0.3 is 7.69 Å². The molecule has 0 heterocycles. The summed E-state index contributed by atoms with van der Waals surface area (Å²) in [5.74, 6) is -0.391. The third-order valence-corrected chi connectivity index (χ3v) is 1.25. The fourth-order valence-corrected chi connectivity index (χ4v) is 0.724. The minimum Gasteiger partial charge on any atom is -0.537 e. The molecule has 59 valence electrons. The Labute approximate surface area is 69.3 Å². The number of nitriles is 1. The highest BCUT2D eigenvalue weighted by Gasteiger charge is 2.02. The molecule has 0 spiro atoms. The lowest BCUT2D eigenvalue weighted by molar-refractivity contribution is 0.452. The maximum Gasteiger partial charge on any atom is 0.569 e. The van der Waals surface area contributed by atoms with E-state index in [2.05, 4.69) is 4.65 Å². The second kappa shape index (κ2) is 3.74. The average Bonchev–Trinajstić information content (AvgIpc) is 2.09. The first-order chi connectivity index (χ1) is 5.77. The number of hydrogen-bond acceptors (Lipinski definition) is 3. The molecule has 0 aliphatic heterocycles. The third-order valence-electron chi connectivity index (χ3n) is 1.25. The molecule has 0 bridgehead atoms. The van der Waals surface area contributed by atoms with Crippen molar-refractivity contribution in [3.05, 3.63) is 29.6 Å². The number of rotatable bonds is 2. The van der Waals surface area contributed by atoms with Crippen LogP contribution >= 0.6 is 0 Å². The van der Waals surface area contributed by atoms with Gasteiger partial charge in [0.1, 0.15) is 17.6 Å². The molecule has 1 N–H and O–H groups in total. The molecule has 1 aromatic carbocycles. The van der Waals surface area contributed by atoms with Crippen LogP contribution in [0.1, 0.15) is 5.56 Å². The Morgan fingerprint density at radius 2 is 2.33 bits per heavy atom. The Balaban J connectivity index is 2.99. The van der Waals surface area contributed by atoms with Crippen molar-refractivity contribution in [2.75, 3.05) is 0 Å². The Morgan fingerprint density at radius 3 is 2.92 bits per heavy atom. The van der Waals surface area contributed by atoms with Crippen LogP contribution in [0.5, 0.6) is 5.75 Å². The number of halogens is 1. The molecule has 0 saturated heterocycles. The summed E-state index contributed by atoms with van der Waals surface area (Å²) in [7, 11) is 0.467. The Kier molecular flexibility index (Phi) is 2.67. The van der Waals surface area contributed by atoms with Crippen LogP contribution in [0.25, 0.3) is 0 Å². The quantitative estimate of drug-likeness (QED) is 0.651. The van der Waals surface area contributed by atoms with Crippen LogP contribution < -0.4 is 4.65 Å². The van der Waals surface area contributed by atoms with Gasteiger partial charge < -0.3 is 9.68 Å². The first-order valence-corrected chi connectivity index (χ1v) is 3.10. The molecule has 1 radical (unpaired) electrons. The zero-order chi connectivity index (χ0) is 8.97. The summed E-state index contributed by atoms with van der Waals surface area (Å²) >= 11 is 0. The van der Waals surface area contributed by atoms with E-state index in [1.165, 1.54) is 12.1 Å². The lowest BCUT2D eigenvalue weighted by Crippen LogP contribution is -2.00. The van der Waals surface area contributed by atoms with Gasteiger partial charge in [0.05, 0.1) is 5.56 Å². The minimum absolute atomic E-state index is 0.116. The summed E-state index contributed by atoms with van der Waals surface area (Å²) in [5, 5.41) is 16.6. The molecule has 0 amide bonds. The van der Waals surface area contributed by atoms with Crippen molar-refractivity contribution >= 4 is 7.69 Å². The second-order valence-corrected chi connectivity index (χ2v) is 1.98. The molecule has 0 aliphatic carbocycles. The van der Waals surface area contributed by atoms with Crippen molar-refractivity contribution in [1.82, 2.24) is 0 Å². The van der Waals surface area contributed by atoms with E-state index in [1.807, 2.05) is 0 Å². The van der Waals surface area contributed by atoms with E-state index in [1.54, 1.807) is 6.07 Å². The van der Waals surface area contributed by atoms with Crippen molar-refractivity contribution in [3.63, 3.8) is 0 Å². The largest absolute Gasteiger partial charge is 0.569 e.